The third-order valence-electron chi connectivity index (χ3n) is 3.52. The Morgan fingerprint density at radius 1 is 1.61 bits per heavy atom. The fourth-order valence-electron chi connectivity index (χ4n) is 2.40. The van der Waals surface area contributed by atoms with Crippen molar-refractivity contribution in [3.8, 4) is 6.07 Å². The molecule has 1 saturated heterocycles. The molecule has 1 atom stereocenters. The molecular formula is C11H18N6O. The van der Waals surface area contributed by atoms with Gasteiger partial charge in [0.05, 0.1) is 23.6 Å². The highest BCUT2D eigenvalue weighted by molar-refractivity contribution is 5.39. The number of rotatable bonds is 3. The van der Waals surface area contributed by atoms with E-state index in [2.05, 4.69) is 16.5 Å². The molecule has 0 saturated carbocycles. The van der Waals surface area contributed by atoms with E-state index in [1.54, 1.807) is 10.9 Å². The number of nitrogens with one attached hydrogen (secondary N) is 1. The molecule has 7 nitrogen and oxygen atoms in total. The van der Waals surface area contributed by atoms with Gasteiger partial charge in [0.15, 0.2) is 5.82 Å². The van der Waals surface area contributed by atoms with Crippen LogP contribution in [0.15, 0.2) is 6.20 Å². The fraction of sp³-hybridized carbons (Fsp3) is 0.636. The van der Waals surface area contributed by atoms with Crippen LogP contribution in [0.3, 0.4) is 0 Å². The van der Waals surface area contributed by atoms with Gasteiger partial charge in [-0.3, -0.25) is 4.68 Å². The Kier molecular flexibility index (Phi) is 3.52. The summed E-state index contributed by atoms with van der Waals surface area (Å²) in [5.41, 5.74) is 11.2. The smallest absolute Gasteiger partial charge is 0.152 e. The predicted octanol–water partition coefficient (Wildman–Crippen LogP) is -0.593. The third-order valence-corrected chi connectivity index (χ3v) is 3.52. The molecule has 1 aliphatic heterocycles. The van der Waals surface area contributed by atoms with Crippen molar-refractivity contribution < 1.29 is 5.11 Å². The normalized spacial score (nSPS) is 20.3. The highest BCUT2D eigenvalue weighted by Crippen LogP contribution is 2.32. The molecule has 1 fully saturated rings. The second-order valence-electron chi connectivity index (χ2n) is 4.67. The minimum atomic E-state index is -1.14. The number of hydrogen-bond donors (Lipinski definition) is 4. The van der Waals surface area contributed by atoms with Gasteiger partial charge in [-0.15, -0.1) is 0 Å². The van der Waals surface area contributed by atoms with Gasteiger partial charge in [0.2, 0.25) is 0 Å². The monoisotopic (exact) mass is 250 g/mol. The molecule has 7 heteroatoms. The Hall–Kier alpha value is -1.62. The van der Waals surface area contributed by atoms with Gasteiger partial charge >= 0.3 is 0 Å². The molecular weight excluding hydrogens is 232 g/mol. The standard InChI is InChI=1S/C11H18N6O/c12-4-1-11(2-5-15-6-3-11)17-7-8(10(14)18)9(13)16-17/h7,10,15,18H,1-3,5-6,14H2,(H2,13,16). The first-order valence-electron chi connectivity index (χ1n) is 5.96. The molecule has 0 aromatic carbocycles. The topological polar surface area (TPSA) is 126 Å². The Bertz CT molecular complexity index is 455. The van der Waals surface area contributed by atoms with Crippen LogP contribution in [0.25, 0.3) is 0 Å². The molecule has 0 aliphatic carbocycles. The molecule has 0 spiro atoms. The maximum absolute atomic E-state index is 9.40. The molecule has 1 aromatic rings. The van der Waals surface area contributed by atoms with Crippen LogP contribution in [-0.2, 0) is 5.54 Å². The van der Waals surface area contributed by atoms with Crippen molar-refractivity contribution in [2.45, 2.75) is 31.0 Å². The largest absolute Gasteiger partial charge is 0.382 e. The lowest BCUT2D eigenvalue weighted by Gasteiger charge is -2.36. The number of nitrogen functional groups attached to an aromatic ring is 1. The molecule has 1 aromatic heterocycles. The first-order valence-corrected chi connectivity index (χ1v) is 5.96. The number of piperidine rings is 1. The molecule has 6 N–H and O–H groups in total. The van der Waals surface area contributed by atoms with Crippen molar-refractivity contribution >= 4 is 5.82 Å². The lowest BCUT2D eigenvalue weighted by atomic mass is 9.86. The minimum absolute atomic E-state index is 0.223. The van der Waals surface area contributed by atoms with Gasteiger partial charge in [0.1, 0.15) is 6.23 Å². The Morgan fingerprint density at radius 3 is 2.78 bits per heavy atom. The summed E-state index contributed by atoms with van der Waals surface area (Å²) in [4.78, 5) is 0. The van der Waals surface area contributed by atoms with Crippen LogP contribution in [0.1, 0.15) is 31.1 Å². The second-order valence-corrected chi connectivity index (χ2v) is 4.67. The fourth-order valence-corrected chi connectivity index (χ4v) is 2.40. The SMILES string of the molecule is N#CCC1(n2cc(C(N)O)c(N)n2)CCNCC1. The summed E-state index contributed by atoms with van der Waals surface area (Å²) >= 11 is 0. The van der Waals surface area contributed by atoms with E-state index < -0.39 is 6.23 Å². The zero-order chi connectivity index (χ0) is 13.2. The van der Waals surface area contributed by atoms with E-state index in [-0.39, 0.29) is 11.4 Å². The third kappa shape index (κ3) is 2.18. The summed E-state index contributed by atoms with van der Waals surface area (Å²) < 4.78 is 1.71. The first-order chi connectivity index (χ1) is 8.59. The lowest BCUT2D eigenvalue weighted by Crippen LogP contribution is -2.44. The number of aromatic nitrogens is 2. The minimum Gasteiger partial charge on any atom is -0.382 e. The van der Waals surface area contributed by atoms with E-state index in [4.69, 9.17) is 16.7 Å². The summed E-state index contributed by atoms with van der Waals surface area (Å²) in [5.74, 6) is 0.223. The van der Waals surface area contributed by atoms with E-state index in [0.29, 0.717) is 12.0 Å². The van der Waals surface area contributed by atoms with Crippen molar-refractivity contribution in [1.29, 1.82) is 5.26 Å². The molecule has 98 valence electrons. The molecule has 18 heavy (non-hydrogen) atoms. The quantitative estimate of drug-likeness (QED) is 0.531. The van der Waals surface area contributed by atoms with Crippen LogP contribution in [0.4, 0.5) is 5.82 Å². The van der Waals surface area contributed by atoms with Gasteiger partial charge in [-0.1, -0.05) is 0 Å². The predicted molar refractivity (Wildman–Crippen MR) is 66.1 cm³/mol. The number of nitriles is 1. The van der Waals surface area contributed by atoms with Crippen LogP contribution in [0.2, 0.25) is 0 Å². The van der Waals surface area contributed by atoms with E-state index in [1.807, 2.05) is 0 Å². The van der Waals surface area contributed by atoms with Gasteiger partial charge in [-0.2, -0.15) is 10.4 Å². The number of aliphatic hydroxyl groups is 1. The Morgan fingerprint density at radius 2 is 2.28 bits per heavy atom. The Balaban J connectivity index is 2.37. The highest BCUT2D eigenvalue weighted by atomic mass is 16.3. The molecule has 2 rings (SSSR count). The zero-order valence-corrected chi connectivity index (χ0v) is 10.1. The van der Waals surface area contributed by atoms with Crippen LogP contribution >= 0.6 is 0 Å². The average molecular weight is 250 g/mol. The van der Waals surface area contributed by atoms with Crippen molar-refractivity contribution in [3.63, 3.8) is 0 Å². The molecule has 0 amide bonds. The van der Waals surface area contributed by atoms with E-state index in [0.717, 1.165) is 25.9 Å². The second kappa shape index (κ2) is 4.94. The van der Waals surface area contributed by atoms with Crippen molar-refractivity contribution in [1.82, 2.24) is 15.1 Å². The summed E-state index contributed by atoms with van der Waals surface area (Å²) in [7, 11) is 0. The maximum Gasteiger partial charge on any atom is 0.152 e. The maximum atomic E-state index is 9.40. The van der Waals surface area contributed by atoms with Crippen LogP contribution in [0.5, 0.6) is 0 Å². The van der Waals surface area contributed by atoms with Crippen molar-refractivity contribution in [3.05, 3.63) is 11.8 Å². The molecule has 1 aliphatic rings. The summed E-state index contributed by atoms with van der Waals surface area (Å²) in [5, 5.41) is 25.9. The first kappa shape index (κ1) is 12.8. The van der Waals surface area contributed by atoms with Gasteiger partial charge in [-0.05, 0) is 25.9 Å². The van der Waals surface area contributed by atoms with Crippen LogP contribution in [0, 0.1) is 11.3 Å². The summed E-state index contributed by atoms with van der Waals surface area (Å²) in [6.45, 7) is 1.67. The number of anilines is 1. The molecule has 0 radical (unpaired) electrons. The van der Waals surface area contributed by atoms with Crippen LogP contribution in [-0.4, -0.2) is 28.0 Å². The van der Waals surface area contributed by atoms with Gasteiger partial charge < -0.3 is 21.9 Å². The summed E-state index contributed by atoms with van der Waals surface area (Å²) in [6.07, 6.45) is 2.50. The lowest BCUT2D eigenvalue weighted by molar-refractivity contribution is 0.180. The number of hydrogen-bond acceptors (Lipinski definition) is 6. The number of nitrogens with two attached hydrogens (primary N) is 2. The Labute approximate surface area is 105 Å². The van der Waals surface area contributed by atoms with Gasteiger partial charge in [0.25, 0.3) is 0 Å². The van der Waals surface area contributed by atoms with Crippen molar-refractivity contribution in [2.75, 3.05) is 18.8 Å². The average Bonchev–Trinajstić information content (AvgIpc) is 2.74. The van der Waals surface area contributed by atoms with E-state index >= 15 is 0 Å². The molecule has 0 bridgehead atoms. The van der Waals surface area contributed by atoms with Gasteiger partial charge in [0, 0.05) is 6.20 Å². The zero-order valence-electron chi connectivity index (χ0n) is 10.1. The van der Waals surface area contributed by atoms with Crippen LogP contribution < -0.4 is 16.8 Å². The van der Waals surface area contributed by atoms with E-state index in [9.17, 15) is 5.11 Å². The van der Waals surface area contributed by atoms with Crippen molar-refractivity contribution in [2.24, 2.45) is 5.73 Å². The molecule has 1 unspecified atom stereocenters. The number of aliphatic hydroxyl groups excluding tert-OH is 1. The van der Waals surface area contributed by atoms with Gasteiger partial charge in [-0.25, -0.2) is 0 Å². The number of nitrogens with zero attached hydrogens (tertiary/aromatic N) is 3. The molecule has 2 heterocycles. The van der Waals surface area contributed by atoms with E-state index in [1.165, 1.54) is 0 Å². The summed E-state index contributed by atoms with van der Waals surface area (Å²) in [6, 6.07) is 2.21. The highest BCUT2D eigenvalue weighted by Gasteiger charge is 2.35.